The Bertz CT molecular complexity index is 673. The van der Waals surface area contributed by atoms with Crippen LogP contribution in [0.3, 0.4) is 0 Å². The third-order valence-electron chi connectivity index (χ3n) is 3.69. The molecule has 2 aliphatic heterocycles. The third-order valence-corrected chi connectivity index (χ3v) is 3.69. The van der Waals surface area contributed by atoms with Gasteiger partial charge in [-0.15, -0.1) is 0 Å². The minimum atomic E-state index is -1.33. The fraction of sp³-hybridized carbons (Fsp3) is 0.357. The van der Waals surface area contributed by atoms with Gasteiger partial charge in [-0.2, -0.15) is 0 Å². The van der Waals surface area contributed by atoms with E-state index in [1.54, 1.807) is 18.2 Å². The first kappa shape index (κ1) is 14.2. The molecule has 8 nitrogen and oxygen atoms in total. The zero-order valence-corrected chi connectivity index (χ0v) is 11.8. The first-order valence-electron chi connectivity index (χ1n) is 6.68. The van der Waals surface area contributed by atoms with E-state index < -0.39 is 30.0 Å². The maximum Gasteiger partial charge on any atom is 0.325 e. The van der Waals surface area contributed by atoms with Gasteiger partial charge in [0.2, 0.25) is 0 Å². The molecule has 0 spiro atoms. The lowest BCUT2D eigenvalue weighted by Gasteiger charge is -2.25. The topological polar surface area (TPSA) is 105 Å². The van der Waals surface area contributed by atoms with Crippen LogP contribution in [0.5, 0.6) is 11.5 Å². The van der Waals surface area contributed by atoms with Gasteiger partial charge in [-0.1, -0.05) is 6.07 Å². The molecule has 0 aliphatic carbocycles. The lowest BCUT2D eigenvalue weighted by molar-refractivity contribution is -0.142. The van der Waals surface area contributed by atoms with E-state index >= 15 is 0 Å². The Hall–Kier alpha value is -2.77. The molecule has 8 heteroatoms. The molecule has 0 aromatic heterocycles. The number of ether oxygens (including phenoxy) is 2. The Labute approximate surface area is 125 Å². The first-order chi connectivity index (χ1) is 10.4. The van der Waals surface area contributed by atoms with Crippen LogP contribution in [0.2, 0.25) is 0 Å². The summed E-state index contributed by atoms with van der Waals surface area (Å²) in [6, 6.07) is 4.20. The van der Waals surface area contributed by atoms with E-state index in [-0.39, 0.29) is 0 Å². The van der Waals surface area contributed by atoms with Gasteiger partial charge in [0.15, 0.2) is 11.5 Å². The summed E-state index contributed by atoms with van der Waals surface area (Å²) in [7, 11) is 0. The smallest absolute Gasteiger partial charge is 0.325 e. The average molecular weight is 306 g/mol. The predicted octanol–water partition coefficient (Wildman–Crippen LogP) is 0.309. The van der Waals surface area contributed by atoms with Gasteiger partial charge < -0.3 is 19.9 Å². The molecule has 0 bridgehead atoms. The molecule has 2 N–H and O–H groups in total. The molecule has 22 heavy (non-hydrogen) atoms. The largest absolute Gasteiger partial charge is 0.486 e. The summed E-state index contributed by atoms with van der Waals surface area (Å²) >= 11 is 0. The van der Waals surface area contributed by atoms with E-state index in [0.717, 1.165) is 0 Å². The fourth-order valence-electron chi connectivity index (χ4n) is 2.53. The number of benzene rings is 1. The number of fused-ring (bicyclic) bond motifs is 1. The highest BCUT2D eigenvalue weighted by Crippen LogP contribution is 2.36. The number of nitrogens with one attached hydrogen (secondary N) is 1. The van der Waals surface area contributed by atoms with E-state index in [4.69, 9.17) is 14.6 Å². The zero-order valence-electron chi connectivity index (χ0n) is 11.8. The van der Waals surface area contributed by atoms with Crippen molar-refractivity contribution in [3.63, 3.8) is 0 Å². The number of amides is 3. The summed E-state index contributed by atoms with van der Waals surface area (Å²) in [5, 5.41) is 11.3. The van der Waals surface area contributed by atoms with Crippen molar-refractivity contribution in [3.8, 4) is 11.5 Å². The molecule has 0 radical (unpaired) electrons. The van der Waals surface area contributed by atoms with Crippen LogP contribution >= 0.6 is 0 Å². The molecule has 3 amide bonds. The Balaban J connectivity index is 1.95. The fourth-order valence-corrected chi connectivity index (χ4v) is 2.53. The zero-order chi connectivity index (χ0) is 15.9. The quantitative estimate of drug-likeness (QED) is 0.779. The summed E-state index contributed by atoms with van der Waals surface area (Å²) in [4.78, 5) is 35.8. The van der Waals surface area contributed by atoms with Crippen molar-refractivity contribution in [3.05, 3.63) is 23.8 Å². The van der Waals surface area contributed by atoms with Crippen LogP contribution in [0.4, 0.5) is 4.79 Å². The molecular formula is C14H14N2O6. The Morgan fingerprint density at radius 3 is 2.68 bits per heavy atom. The van der Waals surface area contributed by atoms with Crippen molar-refractivity contribution in [1.82, 2.24) is 10.2 Å². The number of imide groups is 1. The molecule has 116 valence electrons. The Morgan fingerprint density at radius 1 is 1.32 bits per heavy atom. The normalized spacial score (nSPS) is 23.4. The van der Waals surface area contributed by atoms with E-state index in [1.807, 2.05) is 0 Å². The molecule has 1 aromatic rings. The van der Waals surface area contributed by atoms with Gasteiger partial charge in [0.25, 0.3) is 5.91 Å². The predicted molar refractivity (Wildman–Crippen MR) is 72.7 cm³/mol. The molecule has 1 aromatic carbocycles. The second-order valence-electron chi connectivity index (χ2n) is 5.20. The number of rotatable bonds is 3. The number of carbonyl (C=O) groups excluding carboxylic acids is 2. The minimum Gasteiger partial charge on any atom is -0.486 e. The average Bonchev–Trinajstić information content (AvgIpc) is 2.71. The number of hydrogen-bond donors (Lipinski definition) is 2. The number of carboxylic acids is 1. The number of aliphatic carboxylic acids is 1. The molecule has 0 saturated carbocycles. The highest BCUT2D eigenvalue weighted by molar-refractivity contribution is 6.08. The summed E-state index contributed by atoms with van der Waals surface area (Å²) in [6.45, 7) is 1.70. The summed E-state index contributed by atoms with van der Waals surface area (Å²) < 4.78 is 10.9. The van der Waals surface area contributed by atoms with Gasteiger partial charge in [-0.25, -0.2) is 4.79 Å². The second kappa shape index (κ2) is 4.90. The molecule has 1 atom stereocenters. The summed E-state index contributed by atoms with van der Waals surface area (Å²) in [5.74, 6) is -0.812. The molecular weight excluding hydrogens is 292 g/mol. The van der Waals surface area contributed by atoms with Crippen molar-refractivity contribution < 1.29 is 29.0 Å². The van der Waals surface area contributed by atoms with Crippen LogP contribution in [0.1, 0.15) is 12.5 Å². The number of nitrogens with zero attached hydrogens (tertiary/aromatic N) is 1. The van der Waals surface area contributed by atoms with Gasteiger partial charge in [-0.3, -0.25) is 14.5 Å². The SMILES string of the molecule is CC1(c2ccc3c(c2)OCCO3)NC(=O)N(CC(=O)O)C1=O. The van der Waals surface area contributed by atoms with Crippen LogP contribution in [0.25, 0.3) is 0 Å². The van der Waals surface area contributed by atoms with Crippen molar-refractivity contribution >= 4 is 17.9 Å². The van der Waals surface area contributed by atoms with Crippen molar-refractivity contribution in [2.24, 2.45) is 0 Å². The molecule has 1 unspecified atom stereocenters. The highest BCUT2D eigenvalue weighted by atomic mass is 16.6. The lowest BCUT2D eigenvalue weighted by Crippen LogP contribution is -2.41. The van der Waals surface area contributed by atoms with Crippen LogP contribution in [-0.4, -0.2) is 47.7 Å². The highest BCUT2D eigenvalue weighted by Gasteiger charge is 2.49. The molecule has 2 heterocycles. The Morgan fingerprint density at radius 2 is 2.00 bits per heavy atom. The second-order valence-corrected chi connectivity index (χ2v) is 5.20. The number of carbonyl (C=O) groups is 3. The number of urea groups is 1. The maximum atomic E-state index is 12.4. The van der Waals surface area contributed by atoms with E-state index in [9.17, 15) is 14.4 Å². The molecule has 3 rings (SSSR count). The van der Waals surface area contributed by atoms with Gasteiger partial charge >= 0.3 is 12.0 Å². The van der Waals surface area contributed by atoms with Gasteiger partial charge in [0, 0.05) is 0 Å². The first-order valence-corrected chi connectivity index (χ1v) is 6.68. The van der Waals surface area contributed by atoms with Crippen molar-refractivity contribution in [1.29, 1.82) is 0 Å². The van der Waals surface area contributed by atoms with Crippen molar-refractivity contribution in [2.75, 3.05) is 19.8 Å². The van der Waals surface area contributed by atoms with Crippen LogP contribution in [0.15, 0.2) is 18.2 Å². The number of hydrogen-bond acceptors (Lipinski definition) is 5. The van der Waals surface area contributed by atoms with Gasteiger partial charge in [0.1, 0.15) is 25.3 Å². The van der Waals surface area contributed by atoms with Gasteiger partial charge in [-0.05, 0) is 24.6 Å². The van der Waals surface area contributed by atoms with Crippen LogP contribution in [0, 0.1) is 0 Å². The summed E-state index contributed by atoms with van der Waals surface area (Å²) in [5.41, 5.74) is -0.828. The third kappa shape index (κ3) is 2.12. The molecule has 1 fully saturated rings. The van der Waals surface area contributed by atoms with Crippen LogP contribution < -0.4 is 14.8 Å². The van der Waals surface area contributed by atoms with Gasteiger partial charge in [0.05, 0.1) is 0 Å². The number of carboxylic acid groups (broad SMARTS) is 1. The monoisotopic (exact) mass is 306 g/mol. The van der Waals surface area contributed by atoms with Crippen molar-refractivity contribution in [2.45, 2.75) is 12.5 Å². The maximum absolute atomic E-state index is 12.4. The standard InChI is InChI=1S/C14H14N2O6/c1-14(12(19)16(7-11(17)18)13(20)15-14)8-2-3-9-10(6-8)22-5-4-21-9/h2-3,6H,4-5,7H2,1H3,(H,15,20)(H,17,18). The van der Waals surface area contributed by atoms with E-state index in [0.29, 0.717) is 35.2 Å². The molecule has 2 aliphatic rings. The van der Waals surface area contributed by atoms with E-state index in [1.165, 1.54) is 6.92 Å². The minimum absolute atomic E-state index is 0.401. The lowest BCUT2D eigenvalue weighted by atomic mass is 9.91. The van der Waals surface area contributed by atoms with Crippen LogP contribution in [-0.2, 0) is 15.1 Å². The molecule has 1 saturated heterocycles. The van der Waals surface area contributed by atoms with E-state index in [2.05, 4.69) is 5.32 Å². The summed E-state index contributed by atoms with van der Waals surface area (Å²) in [6.07, 6.45) is 0. The Kier molecular flexibility index (Phi) is 3.16.